The van der Waals surface area contributed by atoms with Gasteiger partial charge in [0.05, 0.1) is 22.5 Å². The summed E-state index contributed by atoms with van der Waals surface area (Å²) < 4.78 is 11.6. The largest absolute Gasteiger partial charge is 0.483 e. The second-order valence-corrected chi connectivity index (χ2v) is 8.86. The summed E-state index contributed by atoms with van der Waals surface area (Å²) in [6, 6.07) is 20.1. The number of hydrazine groups is 1. The van der Waals surface area contributed by atoms with Crippen LogP contribution < -0.4 is 20.3 Å². The smallest absolute Gasteiger partial charge is 0.276 e. The molecule has 2 aromatic heterocycles. The van der Waals surface area contributed by atoms with E-state index in [0.29, 0.717) is 39.4 Å². The monoisotopic (exact) mass is 468 g/mol. The van der Waals surface area contributed by atoms with Crippen molar-refractivity contribution in [1.29, 1.82) is 0 Å². The quantitative estimate of drug-likeness (QED) is 0.432. The first-order chi connectivity index (χ1) is 16.9. The summed E-state index contributed by atoms with van der Waals surface area (Å²) in [5.41, 5.74) is 7.83. The van der Waals surface area contributed by atoms with Crippen LogP contribution in [0.1, 0.15) is 29.8 Å². The molecule has 4 aromatic rings. The fourth-order valence-electron chi connectivity index (χ4n) is 4.08. The van der Waals surface area contributed by atoms with Crippen molar-refractivity contribution < 1.29 is 19.1 Å². The zero-order valence-corrected chi connectivity index (χ0v) is 19.4. The highest BCUT2D eigenvalue weighted by Crippen LogP contribution is 2.41. The summed E-state index contributed by atoms with van der Waals surface area (Å²) in [7, 11) is 0. The lowest BCUT2D eigenvalue weighted by molar-refractivity contribution is -0.123. The molecule has 2 amide bonds. The molecule has 2 N–H and O–H groups in total. The van der Waals surface area contributed by atoms with Crippen LogP contribution in [-0.2, 0) is 11.2 Å². The van der Waals surface area contributed by atoms with Crippen molar-refractivity contribution in [1.82, 2.24) is 20.8 Å². The third kappa shape index (κ3) is 4.77. The number of carbonyl (C=O) groups excluding carboxylic acids is 2. The first kappa shape index (κ1) is 22.3. The Bertz CT molecular complexity index is 1420. The van der Waals surface area contributed by atoms with Crippen LogP contribution in [0.25, 0.3) is 22.3 Å². The molecule has 176 valence electrons. The van der Waals surface area contributed by atoms with Crippen molar-refractivity contribution in [3.63, 3.8) is 0 Å². The van der Waals surface area contributed by atoms with Gasteiger partial charge in [-0.05, 0) is 44.2 Å². The number of aromatic nitrogens is 2. The predicted molar refractivity (Wildman–Crippen MR) is 131 cm³/mol. The molecular weight excluding hydrogens is 444 g/mol. The second-order valence-electron chi connectivity index (χ2n) is 8.86. The van der Waals surface area contributed by atoms with Gasteiger partial charge in [0, 0.05) is 23.6 Å². The van der Waals surface area contributed by atoms with Crippen molar-refractivity contribution in [3.8, 4) is 22.9 Å². The molecule has 0 radical (unpaired) electrons. The highest BCUT2D eigenvalue weighted by atomic mass is 16.5. The fraction of sp³-hybridized carbons (Fsp3) is 0.185. The van der Waals surface area contributed by atoms with E-state index in [1.54, 1.807) is 18.3 Å². The Kier molecular flexibility index (Phi) is 5.78. The van der Waals surface area contributed by atoms with E-state index in [1.807, 2.05) is 68.4 Å². The molecule has 0 saturated carbocycles. The van der Waals surface area contributed by atoms with Gasteiger partial charge in [-0.25, -0.2) is 4.98 Å². The normalized spacial score (nSPS) is 13.5. The van der Waals surface area contributed by atoms with Crippen LogP contribution in [0.4, 0.5) is 0 Å². The first-order valence-electron chi connectivity index (χ1n) is 11.2. The maximum atomic E-state index is 13.0. The lowest BCUT2D eigenvalue weighted by atomic mass is 10.0. The van der Waals surface area contributed by atoms with E-state index in [9.17, 15) is 9.59 Å². The topological polar surface area (TPSA) is 102 Å². The van der Waals surface area contributed by atoms with Gasteiger partial charge in [0.2, 0.25) is 0 Å². The number of ether oxygens (including phenoxy) is 2. The molecule has 0 atom stereocenters. The Labute approximate surface area is 202 Å². The number of amides is 2. The van der Waals surface area contributed by atoms with Gasteiger partial charge in [-0.15, -0.1) is 0 Å². The highest BCUT2D eigenvalue weighted by molar-refractivity contribution is 6.07. The van der Waals surface area contributed by atoms with E-state index in [1.165, 1.54) is 0 Å². The van der Waals surface area contributed by atoms with Crippen molar-refractivity contribution in [2.75, 3.05) is 6.61 Å². The van der Waals surface area contributed by atoms with Crippen LogP contribution in [0.3, 0.4) is 0 Å². The predicted octanol–water partition coefficient (Wildman–Crippen LogP) is 3.85. The van der Waals surface area contributed by atoms with Crippen LogP contribution in [0.15, 0.2) is 72.9 Å². The summed E-state index contributed by atoms with van der Waals surface area (Å²) in [6.45, 7) is 3.72. The van der Waals surface area contributed by atoms with Gasteiger partial charge in [0.25, 0.3) is 11.8 Å². The Morgan fingerprint density at radius 2 is 1.83 bits per heavy atom. The van der Waals surface area contributed by atoms with Crippen molar-refractivity contribution >= 4 is 22.7 Å². The Balaban J connectivity index is 1.28. The molecule has 5 rings (SSSR count). The first-order valence-corrected chi connectivity index (χ1v) is 11.2. The number of nitrogens with one attached hydrogen (secondary N) is 2. The molecule has 1 aliphatic heterocycles. The number of hydrogen-bond acceptors (Lipinski definition) is 6. The van der Waals surface area contributed by atoms with Crippen molar-refractivity contribution in [2.24, 2.45) is 0 Å². The molecule has 3 heterocycles. The van der Waals surface area contributed by atoms with Gasteiger partial charge >= 0.3 is 0 Å². The highest BCUT2D eigenvalue weighted by Gasteiger charge is 2.32. The minimum atomic E-state index is -0.503. The molecule has 0 aliphatic carbocycles. The van der Waals surface area contributed by atoms with E-state index in [4.69, 9.17) is 9.47 Å². The molecule has 0 spiro atoms. The molecule has 1 aliphatic rings. The van der Waals surface area contributed by atoms with E-state index >= 15 is 0 Å². The SMILES string of the molecule is CC1(C)Cc2cccc(OCC(=O)NNC(=O)c3cc(-c4ccccn4)nc4ccccc34)c2O1. The van der Waals surface area contributed by atoms with Crippen molar-refractivity contribution in [2.45, 2.75) is 25.9 Å². The van der Waals surface area contributed by atoms with Gasteiger partial charge < -0.3 is 9.47 Å². The van der Waals surface area contributed by atoms with E-state index in [0.717, 1.165) is 12.0 Å². The van der Waals surface area contributed by atoms with E-state index in [2.05, 4.69) is 20.8 Å². The molecule has 35 heavy (non-hydrogen) atoms. The Morgan fingerprint density at radius 3 is 2.66 bits per heavy atom. The number of rotatable bonds is 5. The lowest BCUT2D eigenvalue weighted by Crippen LogP contribution is -2.44. The summed E-state index contributed by atoms with van der Waals surface area (Å²) in [5, 5.41) is 0.662. The average Bonchev–Trinajstić information content (AvgIpc) is 3.20. The third-order valence-corrected chi connectivity index (χ3v) is 5.62. The number of carbonyl (C=O) groups is 2. The van der Waals surface area contributed by atoms with Crippen molar-refractivity contribution in [3.05, 3.63) is 84.1 Å². The number of nitrogens with zero attached hydrogens (tertiary/aromatic N) is 2. The summed E-state index contributed by atoms with van der Waals surface area (Å²) >= 11 is 0. The Morgan fingerprint density at radius 1 is 1.00 bits per heavy atom. The van der Waals surface area contributed by atoms with Gasteiger partial charge in [-0.3, -0.25) is 25.4 Å². The van der Waals surface area contributed by atoms with Gasteiger partial charge in [0.15, 0.2) is 18.1 Å². The second kappa shape index (κ2) is 9.06. The van der Waals surface area contributed by atoms with Gasteiger partial charge in [-0.1, -0.05) is 36.4 Å². The van der Waals surface area contributed by atoms with Crippen LogP contribution >= 0.6 is 0 Å². The minimum Gasteiger partial charge on any atom is -0.483 e. The molecule has 0 saturated heterocycles. The molecule has 0 bridgehead atoms. The summed E-state index contributed by atoms with van der Waals surface area (Å²) in [6.07, 6.45) is 2.43. The van der Waals surface area contributed by atoms with Crippen LogP contribution in [0.2, 0.25) is 0 Å². The summed E-state index contributed by atoms with van der Waals surface area (Å²) in [5.74, 6) is 0.172. The molecule has 8 heteroatoms. The van der Waals surface area contributed by atoms with Crippen LogP contribution in [0, 0.1) is 0 Å². The summed E-state index contributed by atoms with van der Waals surface area (Å²) in [4.78, 5) is 34.4. The molecule has 2 aromatic carbocycles. The van der Waals surface area contributed by atoms with Gasteiger partial charge in [-0.2, -0.15) is 0 Å². The average molecular weight is 469 g/mol. The zero-order valence-electron chi connectivity index (χ0n) is 19.4. The number of pyridine rings is 2. The van der Waals surface area contributed by atoms with E-state index < -0.39 is 11.8 Å². The maximum absolute atomic E-state index is 13.0. The maximum Gasteiger partial charge on any atom is 0.276 e. The molecule has 0 fully saturated rings. The number of benzene rings is 2. The number of fused-ring (bicyclic) bond motifs is 2. The van der Waals surface area contributed by atoms with Crippen LogP contribution in [0.5, 0.6) is 11.5 Å². The zero-order chi connectivity index (χ0) is 24.4. The Hall–Kier alpha value is -4.46. The number of para-hydroxylation sites is 2. The molecule has 8 nitrogen and oxygen atoms in total. The van der Waals surface area contributed by atoms with E-state index in [-0.39, 0.29) is 12.2 Å². The third-order valence-electron chi connectivity index (χ3n) is 5.62. The molecule has 0 unspecified atom stereocenters. The number of hydrogen-bond donors (Lipinski definition) is 2. The van der Waals surface area contributed by atoms with Crippen LogP contribution in [-0.4, -0.2) is 34.0 Å². The molecular formula is C27H24N4O4. The fourth-order valence-corrected chi connectivity index (χ4v) is 4.08. The van der Waals surface area contributed by atoms with Gasteiger partial charge in [0.1, 0.15) is 5.60 Å². The minimum absolute atomic E-state index is 0.281. The lowest BCUT2D eigenvalue weighted by Gasteiger charge is -2.18. The standard InChI is InChI=1S/C27H24N4O4/c1-27(2)15-17-8-7-12-23(25(17)35-27)34-16-24(32)30-31-26(33)19-14-22(21-11-5-6-13-28-21)29-20-10-4-3-9-18(19)20/h3-14H,15-16H2,1-2H3,(H,30,32)(H,31,33).